The van der Waals surface area contributed by atoms with Crippen molar-refractivity contribution >= 4 is 54.9 Å². The number of carboxylic acid groups (broad SMARTS) is 1. The lowest BCUT2D eigenvalue weighted by Crippen LogP contribution is -2.54. The Labute approximate surface area is 160 Å². The predicted octanol–water partition coefficient (Wildman–Crippen LogP) is -3.39. The smallest absolute Gasteiger partial charge is 0.327 e. The van der Waals surface area contributed by atoms with E-state index in [2.05, 4.69) is 41.2 Å². The van der Waals surface area contributed by atoms with Gasteiger partial charge in [-0.2, -0.15) is 25.3 Å². The zero-order valence-corrected chi connectivity index (χ0v) is 15.6. The van der Waals surface area contributed by atoms with Crippen LogP contribution in [0.2, 0.25) is 0 Å². The first-order valence-electron chi connectivity index (χ1n) is 7.48. The summed E-state index contributed by atoms with van der Waals surface area (Å²) in [6.45, 7) is -0.463. The molecule has 148 valence electrons. The molecule has 0 bridgehead atoms. The number of nitrogens with two attached hydrogens (primary N) is 2. The monoisotopic (exact) mass is 409 g/mol. The number of primary amides is 1. The van der Waals surface area contributed by atoms with Gasteiger partial charge >= 0.3 is 5.97 Å². The Balaban J connectivity index is 4.45. The molecular weight excluding hydrogens is 386 g/mol. The van der Waals surface area contributed by atoms with Crippen molar-refractivity contribution in [3.63, 3.8) is 0 Å². The van der Waals surface area contributed by atoms with E-state index in [1.165, 1.54) is 0 Å². The fourth-order valence-electron chi connectivity index (χ4n) is 1.62. The van der Waals surface area contributed by atoms with Gasteiger partial charge in [-0.1, -0.05) is 0 Å². The lowest BCUT2D eigenvalue weighted by atomic mass is 10.1. The van der Waals surface area contributed by atoms with Crippen molar-refractivity contribution in [1.29, 1.82) is 0 Å². The lowest BCUT2D eigenvalue weighted by Gasteiger charge is -2.19. The fourth-order valence-corrected chi connectivity index (χ4v) is 2.13. The van der Waals surface area contributed by atoms with Crippen molar-refractivity contribution in [1.82, 2.24) is 16.0 Å². The minimum Gasteiger partial charge on any atom is -0.480 e. The molecule has 26 heavy (non-hydrogen) atoms. The molecule has 0 fully saturated rings. The second-order valence-corrected chi connectivity index (χ2v) is 5.94. The fraction of sp³-hybridized carbons (Fsp3) is 0.615. The van der Waals surface area contributed by atoms with Crippen LogP contribution in [0, 0.1) is 0 Å². The van der Waals surface area contributed by atoms with E-state index < -0.39 is 54.3 Å². The van der Waals surface area contributed by atoms with Crippen LogP contribution < -0.4 is 27.4 Å². The summed E-state index contributed by atoms with van der Waals surface area (Å²) in [6.07, 6.45) is -0.0384. The third-order valence-electron chi connectivity index (χ3n) is 3.09. The molecule has 8 N–H and O–H groups in total. The standard InChI is InChI=1S/C13H23N5O6S2/c14-6(1-2-9(15)19)11(21)16-3-10(20)17-7(4-25)12(22)18-8(5-26)13(23)24/h6-8,25-26H,1-5,14H2,(H2,15,19)(H,16,21)(H,17,20)(H,18,22)(H,23,24). The van der Waals surface area contributed by atoms with Crippen molar-refractivity contribution in [2.75, 3.05) is 18.1 Å². The van der Waals surface area contributed by atoms with E-state index in [0.717, 1.165) is 0 Å². The molecule has 3 unspecified atom stereocenters. The molecule has 0 saturated carbocycles. The van der Waals surface area contributed by atoms with Gasteiger partial charge in [0.15, 0.2) is 0 Å². The quantitative estimate of drug-likeness (QED) is 0.154. The molecule has 13 heteroatoms. The highest BCUT2D eigenvalue weighted by molar-refractivity contribution is 7.80. The Morgan fingerprint density at radius 3 is 2.00 bits per heavy atom. The molecule has 4 amide bonds. The molecule has 3 atom stereocenters. The summed E-state index contributed by atoms with van der Waals surface area (Å²) in [5.41, 5.74) is 10.5. The average Bonchev–Trinajstić information content (AvgIpc) is 2.59. The highest BCUT2D eigenvalue weighted by atomic mass is 32.1. The molecule has 0 spiro atoms. The van der Waals surface area contributed by atoms with Crippen LogP contribution in [0.1, 0.15) is 12.8 Å². The molecule has 0 aromatic rings. The largest absolute Gasteiger partial charge is 0.480 e. The summed E-state index contributed by atoms with van der Waals surface area (Å²) in [4.78, 5) is 57.0. The van der Waals surface area contributed by atoms with Crippen molar-refractivity contribution < 1.29 is 29.1 Å². The SMILES string of the molecule is NC(=O)CCC(N)C(=O)NCC(=O)NC(CS)C(=O)NC(CS)C(=O)O. The maximum absolute atomic E-state index is 12.0. The summed E-state index contributed by atoms with van der Waals surface area (Å²) < 4.78 is 0. The van der Waals surface area contributed by atoms with E-state index in [-0.39, 0.29) is 24.3 Å². The molecule has 0 saturated heterocycles. The van der Waals surface area contributed by atoms with Gasteiger partial charge in [-0.15, -0.1) is 0 Å². The number of thiol groups is 2. The first-order valence-corrected chi connectivity index (χ1v) is 8.74. The third kappa shape index (κ3) is 9.48. The third-order valence-corrected chi connectivity index (χ3v) is 3.82. The zero-order chi connectivity index (χ0) is 20.3. The minimum atomic E-state index is -1.27. The highest BCUT2D eigenvalue weighted by Gasteiger charge is 2.25. The Morgan fingerprint density at radius 2 is 1.54 bits per heavy atom. The van der Waals surface area contributed by atoms with Crippen molar-refractivity contribution in [2.45, 2.75) is 31.0 Å². The van der Waals surface area contributed by atoms with Crippen LogP contribution in [0.5, 0.6) is 0 Å². The Morgan fingerprint density at radius 1 is 0.962 bits per heavy atom. The molecule has 0 rings (SSSR count). The van der Waals surface area contributed by atoms with Crippen molar-refractivity contribution in [3.05, 3.63) is 0 Å². The normalized spacial score (nSPS) is 13.8. The number of amides is 4. The molecule has 0 radical (unpaired) electrons. The summed E-state index contributed by atoms with van der Waals surface area (Å²) in [7, 11) is 0. The summed E-state index contributed by atoms with van der Waals surface area (Å²) in [6, 6.07) is -3.33. The van der Waals surface area contributed by atoms with Crippen LogP contribution in [0.4, 0.5) is 0 Å². The van der Waals surface area contributed by atoms with E-state index in [1.54, 1.807) is 0 Å². The maximum Gasteiger partial charge on any atom is 0.327 e. The summed E-state index contributed by atoms with van der Waals surface area (Å²) >= 11 is 7.74. The molecule has 0 aliphatic heterocycles. The number of hydrogen-bond donors (Lipinski definition) is 8. The van der Waals surface area contributed by atoms with Crippen LogP contribution in [-0.4, -0.2) is 70.9 Å². The van der Waals surface area contributed by atoms with E-state index >= 15 is 0 Å². The van der Waals surface area contributed by atoms with Gasteiger partial charge in [0.2, 0.25) is 23.6 Å². The van der Waals surface area contributed by atoms with Gasteiger partial charge in [0, 0.05) is 17.9 Å². The molecule has 0 aliphatic carbocycles. The predicted molar refractivity (Wildman–Crippen MR) is 98.6 cm³/mol. The number of aliphatic carboxylic acids is 1. The van der Waals surface area contributed by atoms with Gasteiger partial charge in [0.1, 0.15) is 12.1 Å². The minimum absolute atomic E-state index is 0.0325. The van der Waals surface area contributed by atoms with E-state index in [0.29, 0.717) is 0 Å². The number of nitrogens with one attached hydrogen (secondary N) is 3. The molecule has 11 nitrogen and oxygen atoms in total. The van der Waals surface area contributed by atoms with Gasteiger partial charge < -0.3 is 32.5 Å². The van der Waals surface area contributed by atoms with E-state index in [4.69, 9.17) is 16.6 Å². The van der Waals surface area contributed by atoms with Gasteiger partial charge in [-0.05, 0) is 6.42 Å². The molecular formula is C13H23N5O6S2. The van der Waals surface area contributed by atoms with Crippen LogP contribution in [0.25, 0.3) is 0 Å². The zero-order valence-electron chi connectivity index (χ0n) is 13.8. The second-order valence-electron chi connectivity index (χ2n) is 5.21. The summed E-state index contributed by atoms with van der Waals surface area (Å²) in [5.74, 6) is -4.21. The number of carbonyl (C=O) groups excluding carboxylic acids is 4. The number of carboxylic acids is 1. The molecule has 0 heterocycles. The Bertz CT molecular complexity index is 547. The van der Waals surface area contributed by atoms with Gasteiger partial charge in [0.05, 0.1) is 12.6 Å². The first kappa shape index (κ1) is 24.0. The van der Waals surface area contributed by atoms with Gasteiger partial charge in [-0.25, -0.2) is 4.79 Å². The highest BCUT2D eigenvalue weighted by Crippen LogP contribution is 1.95. The molecule has 0 aliphatic rings. The van der Waals surface area contributed by atoms with E-state index in [1.807, 2.05) is 0 Å². The first-order chi connectivity index (χ1) is 12.1. The topological polar surface area (TPSA) is 194 Å². The maximum atomic E-state index is 12.0. The Hall–Kier alpha value is -1.99. The number of hydrogen-bond acceptors (Lipinski definition) is 8. The lowest BCUT2D eigenvalue weighted by molar-refractivity contribution is -0.141. The second kappa shape index (κ2) is 12.4. The molecule has 0 aromatic carbocycles. The van der Waals surface area contributed by atoms with Gasteiger partial charge in [-0.3, -0.25) is 19.2 Å². The van der Waals surface area contributed by atoms with Crippen LogP contribution in [-0.2, 0) is 24.0 Å². The van der Waals surface area contributed by atoms with Crippen molar-refractivity contribution in [3.8, 4) is 0 Å². The Kier molecular flexibility index (Phi) is 11.4. The summed E-state index contributed by atoms with van der Waals surface area (Å²) in [5, 5.41) is 15.6. The van der Waals surface area contributed by atoms with Gasteiger partial charge in [0.25, 0.3) is 0 Å². The number of rotatable bonds is 12. The number of carbonyl (C=O) groups is 5. The average molecular weight is 409 g/mol. The molecule has 0 aromatic heterocycles. The van der Waals surface area contributed by atoms with Crippen molar-refractivity contribution in [2.24, 2.45) is 11.5 Å². The van der Waals surface area contributed by atoms with Crippen LogP contribution in [0.3, 0.4) is 0 Å². The van der Waals surface area contributed by atoms with Crippen LogP contribution >= 0.6 is 25.3 Å². The van der Waals surface area contributed by atoms with E-state index in [9.17, 15) is 24.0 Å². The van der Waals surface area contributed by atoms with Crippen LogP contribution in [0.15, 0.2) is 0 Å².